The molecular formula is C27H27F6N3O3. The summed E-state index contributed by atoms with van der Waals surface area (Å²) in [6.07, 6.45) is -8.69. The lowest BCUT2D eigenvalue weighted by molar-refractivity contribution is -0.143. The summed E-state index contributed by atoms with van der Waals surface area (Å²) < 4.78 is 84.9. The number of carbonyl (C=O) groups excluding carboxylic acids is 2. The second-order valence-electron chi connectivity index (χ2n) is 9.31. The van der Waals surface area contributed by atoms with E-state index in [0.29, 0.717) is 17.9 Å². The summed E-state index contributed by atoms with van der Waals surface area (Å²) in [4.78, 5) is 28.9. The van der Waals surface area contributed by atoms with Crippen LogP contribution >= 0.6 is 0 Å². The lowest BCUT2D eigenvalue weighted by Crippen LogP contribution is -2.45. The number of hydrogen-bond donors (Lipinski definition) is 1. The van der Waals surface area contributed by atoms with Crippen LogP contribution in [0.5, 0.6) is 0 Å². The van der Waals surface area contributed by atoms with E-state index in [0.717, 1.165) is 10.5 Å². The molecule has 3 aromatic rings. The van der Waals surface area contributed by atoms with Gasteiger partial charge in [0, 0.05) is 18.8 Å². The third-order valence-electron chi connectivity index (χ3n) is 5.53. The van der Waals surface area contributed by atoms with Crippen molar-refractivity contribution in [1.82, 2.24) is 9.80 Å². The molecule has 6 nitrogen and oxygen atoms in total. The van der Waals surface area contributed by atoms with Crippen LogP contribution in [0, 0.1) is 5.92 Å². The molecule has 39 heavy (non-hydrogen) atoms. The van der Waals surface area contributed by atoms with Gasteiger partial charge in [0.1, 0.15) is 12.3 Å². The van der Waals surface area contributed by atoms with Gasteiger partial charge < -0.3 is 19.5 Å². The van der Waals surface area contributed by atoms with E-state index >= 15 is 0 Å². The number of rotatable bonds is 9. The Morgan fingerprint density at radius 3 is 1.97 bits per heavy atom. The van der Waals surface area contributed by atoms with Gasteiger partial charge in [-0.2, -0.15) is 26.3 Å². The summed E-state index contributed by atoms with van der Waals surface area (Å²) in [6, 6.07) is 12.2. The molecule has 0 aliphatic carbocycles. The molecule has 0 spiro atoms. The summed E-state index contributed by atoms with van der Waals surface area (Å²) in [7, 11) is 0. The normalized spacial score (nSPS) is 11.9. The predicted octanol–water partition coefficient (Wildman–Crippen LogP) is 7.04. The molecule has 3 rings (SSSR count). The molecule has 12 heteroatoms. The van der Waals surface area contributed by atoms with Gasteiger partial charge in [-0.25, -0.2) is 4.79 Å². The van der Waals surface area contributed by atoms with E-state index in [1.54, 1.807) is 38.1 Å². The second-order valence-corrected chi connectivity index (χ2v) is 9.31. The molecule has 0 atom stereocenters. The number of hydrogen-bond acceptors (Lipinski definition) is 3. The zero-order valence-electron chi connectivity index (χ0n) is 21.1. The Bertz CT molecular complexity index is 1210. The predicted molar refractivity (Wildman–Crippen MR) is 131 cm³/mol. The van der Waals surface area contributed by atoms with Crippen molar-refractivity contribution >= 4 is 17.6 Å². The van der Waals surface area contributed by atoms with Crippen molar-refractivity contribution in [1.29, 1.82) is 0 Å². The van der Waals surface area contributed by atoms with E-state index in [2.05, 4.69) is 5.32 Å². The highest BCUT2D eigenvalue weighted by Gasteiger charge is 2.37. The maximum Gasteiger partial charge on any atom is 0.416 e. The number of furan rings is 1. The van der Waals surface area contributed by atoms with Gasteiger partial charge in [0.15, 0.2) is 0 Å². The Kier molecular flexibility index (Phi) is 9.31. The number of anilines is 1. The van der Waals surface area contributed by atoms with Gasteiger partial charge in [-0.05, 0) is 41.8 Å². The number of amides is 3. The van der Waals surface area contributed by atoms with Crippen molar-refractivity contribution in [2.45, 2.75) is 39.3 Å². The highest BCUT2D eigenvalue weighted by molar-refractivity contribution is 5.92. The third-order valence-corrected chi connectivity index (χ3v) is 5.53. The smallest absolute Gasteiger partial charge is 0.416 e. The molecule has 0 radical (unpaired) electrons. The second kappa shape index (κ2) is 12.3. The van der Waals surface area contributed by atoms with Crippen LogP contribution in [-0.4, -0.2) is 34.8 Å². The molecule has 2 aromatic carbocycles. The maximum absolute atomic E-state index is 13.4. The molecule has 0 aliphatic heterocycles. The van der Waals surface area contributed by atoms with Crippen LogP contribution in [0.3, 0.4) is 0 Å². The van der Waals surface area contributed by atoms with Gasteiger partial charge in [-0.3, -0.25) is 4.79 Å². The fourth-order valence-corrected chi connectivity index (χ4v) is 3.78. The fourth-order valence-electron chi connectivity index (χ4n) is 3.78. The molecule has 210 valence electrons. The van der Waals surface area contributed by atoms with Crippen LogP contribution in [0.2, 0.25) is 0 Å². The van der Waals surface area contributed by atoms with Crippen LogP contribution in [0.1, 0.15) is 36.3 Å². The van der Waals surface area contributed by atoms with E-state index in [1.165, 1.54) is 11.2 Å². The first-order valence-electron chi connectivity index (χ1n) is 11.9. The van der Waals surface area contributed by atoms with Gasteiger partial charge in [0.2, 0.25) is 5.91 Å². The topological polar surface area (TPSA) is 65.8 Å². The van der Waals surface area contributed by atoms with Crippen molar-refractivity contribution in [2.24, 2.45) is 5.92 Å². The summed E-state index contributed by atoms with van der Waals surface area (Å²) in [5.41, 5.74) is -3.01. The van der Waals surface area contributed by atoms with Crippen LogP contribution in [0.15, 0.2) is 71.3 Å². The zero-order valence-corrected chi connectivity index (χ0v) is 21.1. The van der Waals surface area contributed by atoms with Crippen molar-refractivity contribution < 1.29 is 40.3 Å². The average molecular weight is 556 g/mol. The number of nitrogens with one attached hydrogen (secondary N) is 1. The minimum absolute atomic E-state index is 0.0165. The Balaban J connectivity index is 1.85. The van der Waals surface area contributed by atoms with Crippen LogP contribution in [0.4, 0.5) is 36.8 Å². The molecule has 1 aromatic heterocycles. The number of urea groups is 1. The number of nitrogens with zero attached hydrogens (tertiary/aromatic N) is 2. The highest BCUT2D eigenvalue weighted by Crippen LogP contribution is 2.37. The number of benzene rings is 2. The van der Waals surface area contributed by atoms with Crippen LogP contribution in [-0.2, 0) is 30.2 Å². The SMILES string of the molecule is CC(C)CN(CC(=O)N(Cc1ccccc1)Cc1ccco1)C(=O)Nc1cc(C(F)(F)F)cc(C(F)(F)F)c1. The van der Waals surface area contributed by atoms with E-state index in [-0.39, 0.29) is 31.6 Å². The molecular weight excluding hydrogens is 528 g/mol. The first-order chi connectivity index (χ1) is 18.2. The van der Waals surface area contributed by atoms with E-state index < -0.39 is 47.6 Å². The lowest BCUT2D eigenvalue weighted by Gasteiger charge is -2.28. The molecule has 1 N–H and O–H groups in total. The Morgan fingerprint density at radius 2 is 1.46 bits per heavy atom. The van der Waals surface area contributed by atoms with Crippen molar-refractivity contribution in [3.8, 4) is 0 Å². The molecule has 0 saturated heterocycles. The maximum atomic E-state index is 13.4. The first-order valence-corrected chi connectivity index (χ1v) is 11.9. The molecule has 3 amide bonds. The van der Waals surface area contributed by atoms with Crippen molar-refractivity contribution in [3.05, 3.63) is 89.4 Å². The molecule has 0 bridgehead atoms. The van der Waals surface area contributed by atoms with Crippen molar-refractivity contribution in [3.63, 3.8) is 0 Å². The zero-order chi connectivity index (χ0) is 28.8. The number of carbonyl (C=O) groups is 2. The summed E-state index contributed by atoms with van der Waals surface area (Å²) in [6.45, 7) is 3.31. The molecule has 0 aliphatic rings. The standard InChI is InChI=1S/C27H27F6N3O3/c1-18(2)14-36(25(38)34-22-12-20(26(28,29)30)11-21(13-22)27(31,32)33)17-24(37)35(16-23-9-6-10-39-23)15-19-7-4-3-5-8-19/h3-13,18H,14-17H2,1-2H3,(H,34,38). The number of halogens is 6. The van der Waals surface area contributed by atoms with Crippen LogP contribution < -0.4 is 5.32 Å². The van der Waals surface area contributed by atoms with Gasteiger partial charge in [0.05, 0.1) is 23.9 Å². The van der Waals surface area contributed by atoms with Gasteiger partial charge >= 0.3 is 18.4 Å². The fraction of sp³-hybridized carbons (Fsp3) is 0.333. The molecule has 0 saturated carbocycles. The summed E-state index contributed by atoms with van der Waals surface area (Å²) >= 11 is 0. The van der Waals surface area contributed by atoms with Gasteiger partial charge in [-0.1, -0.05) is 44.2 Å². The lowest BCUT2D eigenvalue weighted by atomic mass is 10.1. The quantitative estimate of drug-likeness (QED) is 0.288. The largest absolute Gasteiger partial charge is 0.467 e. The monoisotopic (exact) mass is 555 g/mol. The molecule has 0 fully saturated rings. The van der Waals surface area contributed by atoms with Gasteiger partial charge in [-0.15, -0.1) is 0 Å². The minimum atomic E-state index is -5.07. The van der Waals surface area contributed by atoms with Crippen molar-refractivity contribution in [2.75, 3.05) is 18.4 Å². The molecule has 0 unspecified atom stereocenters. The highest BCUT2D eigenvalue weighted by atomic mass is 19.4. The van der Waals surface area contributed by atoms with E-state index in [1.807, 2.05) is 18.2 Å². The van der Waals surface area contributed by atoms with Crippen LogP contribution in [0.25, 0.3) is 0 Å². The van der Waals surface area contributed by atoms with Gasteiger partial charge in [0.25, 0.3) is 0 Å². The Morgan fingerprint density at radius 1 is 0.846 bits per heavy atom. The number of alkyl halides is 6. The third kappa shape index (κ3) is 8.79. The summed E-state index contributed by atoms with van der Waals surface area (Å²) in [5.74, 6) is -0.169. The minimum Gasteiger partial charge on any atom is -0.467 e. The summed E-state index contributed by atoms with van der Waals surface area (Å²) in [5, 5.41) is 2.11. The Labute approximate surface area is 221 Å². The first kappa shape index (κ1) is 29.6. The average Bonchev–Trinajstić information content (AvgIpc) is 3.35. The van der Waals surface area contributed by atoms with E-state index in [9.17, 15) is 35.9 Å². The van der Waals surface area contributed by atoms with E-state index in [4.69, 9.17) is 4.42 Å². The Hall–Kier alpha value is -3.96. The molecule has 1 heterocycles.